The quantitative estimate of drug-likeness (QED) is 0.883. The van der Waals surface area contributed by atoms with E-state index in [0.29, 0.717) is 18.7 Å². The zero-order valence-electron chi connectivity index (χ0n) is 13.2. The highest BCUT2D eigenvalue weighted by Crippen LogP contribution is 2.37. The van der Waals surface area contributed by atoms with Crippen LogP contribution in [0.5, 0.6) is 0 Å². The summed E-state index contributed by atoms with van der Waals surface area (Å²) in [5.74, 6) is -0.518. The number of carbonyl (C=O) groups excluding carboxylic acids is 1. The smallest absolute Gasteiger partial charge is 0.348 e. The fourth-order valence-electron chi connectivity index (χ4n) is 3.32. The second kappa shape index (κ2) is 6.57. The molecule has 0 saturated heterocycles. The maximum atomic E-state index is 12.7. The van der Waals surface area contributed by atoms with Gasteiger partial charge in [-0.25, -0.2) is 4.98 Å². The van der Waals surface area contributed by atoms with Crippen LogP contribution < -0.4 is 10.9 Å². The lowest BCUT2D eigenvalue weighted by Crippen LogP contribution is -2.44. The number of aromatic nitrogens is 2. The van der Waals surface area contributed by atoms with Crippen LogP contribution in [0.4, 0.5) is 13.2 Å². The Labute approximate surface area is 137 Å². The standard InChI is InChI=1S/C16H20F3N3O2/c17-16(18,19)8-10-3-1-2-4-11(10)21-15(24)12-7-13(23)22-14(20-12)9-5-6-9/h7,9-11H,1-6,8H2,(H,21,24)(H,20,22,23)/t10-,11-/m0/s1. The normalized spacial score (nSPS) is 24.6. The van der Waals surface area contributed by atoms with Gasteiger partial charge in [-0.3, -0.25) is 9.59 Å². The molecule has 0 unspecified atom stereocenters. The van der Waals surface area contributed by atoms with Gasteiger partial charge in [0.15, 0.2) is 0 Å². The van der Waals surface area contributed by atoms with Gasteiger partial charge in [-0.1, -0.05) is 12.8 Å². The molecule has 5 nitrogen and oxygen atoms in total. The maximum Gasteiger partial charge on any atom is 0.389 e. The van der Waals surface area contributed by atoms with Crippen LogP contribution in [0, 0.1) is 5.92 Å². The van der Waals surface area contributed by atoms with E-state index in [-0.39, 0.29) is 11.6 Å². The lowest BCUT2D eigenvalue weighted by atomic mass is 9.82. The number of aromatic amines is 1. The fraction of sp³-hybridized carbons (Fsp3) is 0.688. The van der Waals surface area contributed by atoms with Crippen LogP contribution in [-0.2, 0) is 0 Å². The number of amides is 1. The van der Waals surface area contributed by atoms with Crippen molar-refractivity contribution in [1.29, 1.82) is 0 Å². The van der Waals surface area contributed by atoms with Gasteiger partial charge in [-0.2, -0.15) is 13.2 Å². The van der Waals surface area contributed by atoms with Gasteiger partial charge in [0, 0.05) is 24.4 Å². The largest absolute Gasteiger partial charge is 0.389 e. The van der Waals surface area contributed by atoms with E-state index in [0.717, 1.165) is 31.7 Å². The Morgan fingerprint density at radius 1 is 1.25 bits per heavy atom. The van der Waals surface area contributed by atoms with Gasteiger partial charge < -0.3 is 10.3 Å². The maximum absolute atomic E-state index is 12.7. The third-order valence-corrected chi connectivity index (χ3v) is 4.68. The Balaban J connectivity index is 1.71. The van der Waals surface area contributed by atoms with Crippen molar-refractivity contribution in [2.75, 3.05) is 0 Å². The Kier molecular flexibility index (Phi) is 4.64. The van der Waals surface area contributed by atoms with Crippen molar-refractivity contribution in [3.8, 4) is 0 Å². The summed E-state index contributed by atoms with van der Waals surface area (Å²) in [4.78, 5) is 30.8. The van der Waals surface area contributed by atoms with Crippen LogP contribution in [-0.4, -0.2) is 28.1 Å². The molecule has 2 fully saturated rings. The number of H-pyrrole nitrogens is 1. The zero-order valence-corrected chi connectivity index (χ0v) is 13.2. The van der Waals surface area contributed by atoms with Gasteiger partial charge in [-0.15, -0.1) is 0 Å². The molecule has 2 N–H and O–H groups in total. The molecule has 0 aliphatic heterocycles. The number of carbonyl (C=O) groups is 1. The van der Waals surface area contributed by atoms with E-state index in [1.807, 2.05) is 0 Å². The first-order chi connectivity index (χ1) is 11.3. The summed E-state index contributed by atoms with van der Waals surface area (Å²) < 4.78 is 38.1. The summed E-state index contributed by atoms with van der Waals surface area (Å²) in [6, 6.07) is 0.571. The Bertz CT molecular complexity index is 667. The second-order valence-corrected chi connectivity index (χ2v) is 6.73. The number of hydrogen-bond acceptors (Lipinski definition) is 3. The van der Waals surface area contributed by atoms with Crippen LogP contribution >= 0.6 is 0 Å². The number of nitrogens with zero attached hydrogens (tertiary/aromatic N) is 1. The van der Waals surface area contributed by atoms with E-state index in [4.69, 9.17) is 0 Å². The topological polar surface area (TPSA) is 74.8 Å². The van der Waals surface area contributed by atoms with E-state index in [1.165, 1.54) is 0 Å². The van der Waals surface area contributed by atoms with Crippen molar-refractivity contribution in [1.82, 2.24) is 15.3 Å². The van der Waals surface area contributed by atoms with Crippen molar-refractivity contribution >= 4 is 5.91 Å². The third-order valence-electron chi connectivity index (χ3n) is 4.68. The summed E-state index contributed by atoms with van der Waals surface area (Å²) >= 11 is 0. The van der Waals surface area contributed by atoms with Crippen molar-refractivity contribution in [3.05, 3.63) is 27.9 Å². The van der Waals surface area contributed by atoms with Crippen LogP contribution in [0.15, 0.2) is 10.9 Å². The number of nitrogens with one attached hydrogen (secondary N) is 2. The molecule has 2 saturated carbocycles. The van der Waals surface area contributed by atoms with E-state index in [1.54, 1.807) is 0 Å². The molecule has 1 aromatic heterocycles. The van der Waals surface area contributed by atoms with Gasteiger partial charge >= 0.3 is 6.18 Å². The minimum absolute atomic E-state index is 0.0167. The van der Waals surface area contributed by atoms with Gasteiger partial charge in [0.25, 0.3) is 11.5 Å². The fourth-order valence-corrected chi connectivity index (χ4v) is 3.32. The van der Waals surface area contributed by atoms with Crippen LogP contribution in [0.2, 0.25) is 0 Å². The van der Waals surface area contributed by atoms with Gasteiger partial charge in [0.1, 0.15) is 11.5 Å². The minimum Gasteiger partial charge on any atom is -0.348 e. The minimum atomic E-state index is -4.24. The Morgan fingerprint density at radius 2 is 1.96 bits per heavy atom. The van der Waals surface area contributed by atoms with Crippen molar-refractivity contribution in [2.24, 2.45) is 5.92 Å². The molecule has 2 aliphatic carbocycles. The first kappa shape index (κ1) is 17.0. The molecular weight excluding hydrogens is 323 g/mol. The number of rotatable bonds is 4. The van der Waals surface area contributed by atoms with Crippen molar-refractivity contribution in [2.45, 2.75) is 63.1 Å². The average Bonchev–Trinajstić information content (AvgIpc) is 3.32. The molecule has 2 aliphatic rings. The lowest BCUT2D eigenvalue weighted by Gasteiger charge is -2.32. The molecule has 0 radical (unpaired) electrons. The molecule has 8 heteroatoms. The second-order valence-electron chi connectivity index (χ2n) is 6.73. The van der Waals surface area contributed by atoms with Gasteiger partial charge in [-0.05, 0) is 31.6 Å². The van der Waals surface area contributed by atoms with Crippen molar-refractivity contribution < 1.29 is 18.0 Å². The molecule has 0 spiro atoms. The van der Waals surface area contributed by atoms with Crippen molar-refractivity contribution in [3.63, 3.8) is 0 Å². The van der Waals surface area contributed by atoms with Crippen LogP contribution in [0.3, 0.4) is 0 Å². The van der Waals surface area contributed by atoms with Crippen LogP contribution in [0.25, 0.3) is 0 Å². The van der Waals surface area contributed by atoms with Gasteiger partial charge in [0.05, 0.1) is 0 Å². The molecule has 24 heavy (non-hydrogen) atoms. The number of halogens is 3. The molecule has 1 heterocycles. The molecule has 0 aromatic carbocycles. The highest BCUT2D eigenvalue weighted by molar-refractivity contribution is 5.92. The highest BCUT2D eigenvalue weighted by Gasteiger charge is 2.37. The summed E-state index contributed by atoms with van der Waals surface area (Å²) in [5.41, 5.74) is -0.426. The number of alkyl halides is 3. The summed E-state index contributed by atoms with van der Waals surface area (Å²) in [5, 5.41) is 2.67. The van der Waals surface area contributed by atoms with E-state index < -0.39 is 36.0 Å². The Morgan fingerprint density at radius 3 is 2.62 bits per heavy atom. The SMILES string of the molecule is O=C(N[C@H]1CCCC[C@H]1CC(F)(F)F)c1cc(=O)[nH]c(C2CC2)n1. The molecule has 3 rings (SSSR count). The first-order valence-corrected chi connectivity index (χ1v) is 8.31. The molecular formula is C16H20F3N3O2. The lowest BCUT2D eigenvalue weighted by molar-refractivity contribution is -0.148. The van der Waals surface area contributed by atoms with Crippen LogP contribution in [0.1, 0.15) is 67.2 Å². The molecule has 1 aromatic rings. The predicted octanol–water partition coefficient (Wildman–Crippen LogP) is 2.89. The zero-order chi connectivity index (χ0) is 17.3. The average molecular weight is 343 g/mol. The van der Waals surface area contributed by atoms with Gasteiger partial charge in [0.2, 0.25) is 0 Å². The molecule has 2 atom stereocenters. The molecule has 1 amide bonds. The van der Waals surface area contributed by atoms with E-state index >= 15 is 0 Å². The highest BCUT2D eigenvalue weighted by atomic mass is 19.4. The summed E-state index contributed by atoms with van der Waals surface area (Å²) in [6.45, 7) is 0. The number of hydrogen-bond donors (Lipinski definition) is 2. The Hall–Kier alpha value is -1.86. The monoisotopic (exact) mass is 343 g/mol. The van der Waals surface area contributed by atoms with E-state index in [2.05, 4.69) is 15.3 Å². The molecule has 0 bridgehead atoms. The summed E-state index contributed by atoms with van der Waals surface area (Å²) in [6.07, 6.45) is -0.807. The third kappa shape index (κ3) is 4.36. The van der Waals surface area contributed by atoms with E-state index in [9.17, 15) is 22.8 Å². The molecule has 132 valence electrons. The summed E-state index contributed by atoms with van der Waals surface area (Å²) in [7, 11) is 0. The predicted molar refractivity (Wildman–Crippen MR) is 80.7 cm³/mol. The first-order valence-electron chi connectivity index (χ1n) is 8.31.